The Kier molecular flexibility index (Phi) is 3.69. The maximum atomic E-state index is 10.9. The zero-order valence-corrected chi connectivity index (χ0v) is 7.03. The first-order valence-electron chi connectivity index (χ1n) is 3.51. The number of carboxylic acids is 1. The molecule has 0 saturated heterocycles. The van der Waals surface area contributed by atoms with Crippen molar-refractivity contribution in [2.45, 2.75) is 25.9 Å². The smallest absolute Gasteiger partial charge is 0.338 e. The topological polar surface area (TPSA) is 83.8 Å². The molecule has 70 valence electrons. The maximum absolute atomic E-state index is 10.9. The van der Waals surface area contributed by atoms with Gasteiger partial charge < -0.3 is 14.9 Å². The molecule has 12 heavy (non-hydrogen) atoms. The van der Waals surface area contributed by atoms with Crippen molar-refractivity contribution < 1.29 is 24.5 Å². The fraction of sp³-hybridized carbons (Fsp3) is 0.714. The number of rotatable bonds is 4. The molecule has 0 rings (SSSR count). The first kappa shape index (κ1) is 10.9. The van der Waals surface area contributed by atoms with Crippen LogP contribution >= 0.6 is 0 Å². The van der Waals surface area contributed by atoms with E-state index in [1.165, 1.54) is 0 Å². The van der Waals surface area contributed by atoms with Gasteiger partial charge in [0.05, 0.1) is 13.0 Å². The Balaban J connectivity index is 4.18. The molecule has 1 atom stereocenters. The molecule has 0 amide bonds. The third-order valence-corrected chi connectivity index (χ3v) is 1.21. The minimum atomic E-state index is -1.93. The molecule has 0 saturated carbocycles. The van der Waals surface area contributed by atoms with Crippen LogP contribution in [0.4, 0.5) is 0 Å². The lowest BCUT2D eigenvalue weighted by atomic mass is 10.0. The Labute approximate surface area is 70.0 Å². The number of aliphatic hydroxyl groups is 1. The van der Waals surface area contributed by atoms with E-state index in [1.54, 1.807) is 6.92 Å². The van der Waals surface area contributed by atoms with Gasteiger partial charge in [-0.05, 0) is 13.8 Å². The number of aliphatic carboxylic acids is 1. The summed E-state index contributed by atoms with van der Waals surface area (Å²) in [7, 11) is 0. The van der Waals surface area contributed by atoms with E-state index in [1.807, 2.05) is 0 Å². The van der Waals surface area contributed by atoms with E-state index in [0.717, 1.165) is 6.92 Å². The van der Waals surface area contributed by atoms with E-state index in [0.29, 0.717) is 0 Å². The van der Waals surface area contributed by atoms with Crippen LogP contribution in [-0.2, 0) is 14.3 Å². The minimum absolute atomic E-state index is 0.120. The summed E-state index contributed by atoms with van der Waals surface area (Å²) in [5.74, 6) is -2.15. The second kappa shape index (κ2) is 4.06. The molecule has 0 unspecified atom stereocenters. The third kappa shape index (κ3) is 3.34. The maximum Gasteiger partial charge on any atom is 0.338 e. The summed E-state index contributed by atoms with van der Waals surface area (Å²) in [6, 6.07) is 0. The first-order valence-corrected chi connectivity index (χ1v) is 3.51. The highest BCUT2D eigenvalue weighted by Gasteiger charge is 2.34. The SMILES string of the molecule is CCOC(=O)[C@](C)(O)CC(=O)O. The number of carbonyl (C=O) groups is 2. The number of carboxylic acid groups (broad SMARTS) is 1. The highest BCUT2D eigenvalue weighted by molar-refractivity contribution is 5.84. The highest BCUT2D eigenvalue weighted by atomic mass is 16.5. The Morgan fingerprint density at radius 3 is 2.33 bits per heavy atom. The van der Waals surface area contributed by atoms with Crippen LogP contribution in [0.3, 0.4) is 0 Å². The van der Waals surface area contributed by atoms with Crippen LogP contribution in [0.2, 0.25) is 0 Å². The molecule has 5 heteroatoms. The van der Waals surface area contributed by atoms with Crippen molar-refractivity contribution in [2.75, 3.05) is 6.61 Å². The number of hydrogen-bond donors (Lipinski definition) is 2. The molecule has 0 bridgehead atoms. The van der Waals surface area contributed by atoms with E-state index in [2.05, 4.69) is 4.74 Å². The first-order chi connectivity index (χ1) is 5.40. The van der Waals surface area contributed by atoms with Crippen LogP contribution in [0.1, 0.15) is 20.3 Å². The Hall–Kier alpha value is -1.10. The Morgan fingerprint density at radius 1 is 1.50 bits per heavy atom. The van der Waals surface area contributed by atoms with Gasteiger partial charge in [-0.15, -0.1) is 0 Å². The van der Waals surface area contributed by atoms with E-state index in [-0.39, 0.29) is 6.61 Å². The molecule has 0 aliphatic rings. The summed E-state index contributed by atoms with van der Waals surface area (Å²) in [5.41, 5.74) is -1.93. The second-order valence-corrected chi connectivity index (χ2v) is 2.56. The zero-order chi connectivity index (χ0) is 9.78. The van der Waals surface area contributed by atoms with Crippen molar-refractivity contribution in [3.63, 3.8) is 0 Å². The predicted molar refractivity (Wildman–Crippen MR) is 39.5 cm³/mol. The number of hydrogen-bond acceptors (Lipinski definition) is 4. The van der Waals surface area contributed by atoms with Gasteiger partial charge in [0.1, 0.15) is 0 Å². The second-order valence-electron chi connectivity index (χ2n) is 2.56. The van der Waals surface area contributed by atoms with E-state index in [4.69, 9.17) is 5.11 Å². The average Bonchev–Trinajstić information content (AvgIpc) is 1.85. The molecule has 0 heterocycles. The molecule has 0 radical (unpaired) electrons. The molecule has 0 aromatic carbocycles. The Bertz CT molecular complexity index is 184. The molecular formula is C7H12O5. The summed E-state index contributed by atoms with van der Waals surface area (Å²) in [4.78, 5) is 21.0. The summed E-state index contributed by atoms with van der Waals surface area (Å²) >= 11 is 0. The quantitative estimate of drug-likeness (QED) is 0.578. The minimum Gasteiger partial charge on any atom is -0.481 e. The molecule has 2 N–H and O–H groups in total. The van der Waals surface area contributed by atoms with Crippen LogP contribution in [0, 0.1) is 0 Å². The number of ether oxygens (including phenoxy) is 1. The molecule has 0 aliphatic heterocycles. The largest absolute Gasteiger partial charge is 0.481 e. The number of esters is 1. The van der Waals surface area contributed by atoms with Crippen molar-refractivity contribution >= 4 is 11.9 Å². The fourth-order valence-corrected chi connectivity index (χ4v) is 0.653. The summed E-state index contributed by atoms with van der Waals surface area (Å²) in [5, 5.41) is 17.5. The van der Waals surface area contributed by atoms with Gasteiger partial charge in [0.15, 0.2) is 5.60 Å². The number of carbonyl (C=O) groups excluding carboxylic acids is 1. The van der Waals surface area contributed by atoms with Crippen molar-refractivity contribution in [3.8, 4) is 0 Å². The monoisotopic (exact) mass is 176 g/mol. The lowest BCUT2D eigenvalue weighted by molar-refractivity contribution is -0.168. The van der Waals surface area contributed by atoms with Crippen molar-refractivity contribution in [3.05, 3.63) is 0 Å². The van der Waals surface area contributed by atoms with Crippen molar-refractivity contribution in [2.24, 2.45) is 0 Å². The highest BCUT2D eigenvalue weighted by Crippen LogP contribution is 2.11. The van der Waals surface area contributed by atoms with Crippen LogP contribution in [0.25, 0.3) is 0 Å². The molecule has 0 aliphatic carbocycles. The van der Waals surface area contributed by atoms with Gasteiger partial charge in [-0.3, -0.25) is 4.79 Å². The van der Waals surface area contributed by atoms with E-state index in [9.17, 15) is 14.7 Å². The fourth-order valence-electron chi connectivity index (χ4n) is 0.653. The lowest BCUT2D eigenvalue weighted by Gasteiger charge is -2.18. The molecular weight excluding hydrogens is 164 g/mol. The van der Waals surface area contributed by atoms with E-state index < -0.39 is 24.0 Å². The molecule has 5 nitrogen and oxygen atoms in total. The van der Waals surface area contributed by atoms with Gasteiger partial charge in [0.25, 0.3) is 0 Å². The predicted octanol–water partition coefficient (Wildman–Crippen LogP) is -0.225. The summed E-state index contributed by atoms with van der Waals surface area (Å²) < 4.78 is 4.46. The standard InChI is InChI=1S/C7H12O5/c1-3-12-6(10)7(2,11)4-5(8)9/h11H,3-4H2,1-2H3,(H,8,9)/t7-/m1/s1. The van der Waals surface area contributed by atoms with Crippen LogP contribution < -0.4 is 0 Å². The van der Waals surface area contributed by atoms with Gasteiger partial charge in [-0.1, -0.05) is 0 Å². The average molecular weight is 176 g/mol. The van der Waals surface area contributed by atoms with Crippen LogP contribution in [0.15, 0.2) is 0 Å². The normalized spacial score (nSPS) is 14.9. The van der Waals surface area contributed by atoms with Crippen LogP contribution in [-0.4, -0.2) is 34.4 Å². The lowest BCUT2D eigenvalue weighted by Crippen LogP contribution is -2.39. The molecule has 0 fully saturated rings. The zero-order valence-electron chi connectivity index (χ0n) is 7.03. The van der Waals surface area contributed by atoms with Crippen molar-refractivity contribution in [1.29, 1.82) is 0 Å². The van der Waals surface area contributed by atoms with Crippen LogP contribution in [0.5, 0.6) is 0 Å². The van der Waals surface area contributed by atoms with E-state index >= 15 is 0 Å². The van der Waals surface area contributed by atoms with Gasteiger partial charge in [0.2, 0.25) is 0 Å². The van der Waals surface area contributed by atoms with Gasteiger partial charge in [-0.25, -0.2) is 4.79 Å². The van der Waals surface area contributed by atoms with Gasteiger partial charge >= 0.3 is 11.9 Å². The van der Waals surface area contributed by atoms with Gasteiger partial charge in [0, 0.05) is 0 Å². The van der Waals surface area contributed by atoms with Crippen molar-refractivity contribution in [1.82, 2.24) is 0 Å². The molecule has 0 spiro atoms. The third-order valence-electron chi connectivity index (χ3n) is 1.21. The Morgan fingerprint density at radius 2 is 2.00 bits per heavy atom. The van der Waals surface area contributed by atoms with Gasteiger partial charge in [-0.2, -0.15) is 0 Å². The summed E-state index contributed by atoms with van der Waals surface area (Å²) in [6.45, 7) is 2.81. The summed E-state index contributed by atoms with van der Waals surface area (Å²) in [6.07, 6.45) is -0.647. The molecule has 0 aromatic heterocycles. The molecule has 0 aromatic rings.